The summed E-state index contributed by atoms with van der Waals surface area (Å²) in [5.74, 6) is 1.61. The number of likely N-dealkylation sites (tertiary alicyclic amines) is 1. The largest absolute Gasteiger partial charge is 0.358 e. The molecule has 1 aromatic rings. The van der Waals surface area contributed by atoms with E-state index in [1.807, 2.05) is 0 Å². The van der Waals surface area contributed by atoms with Crippen molar-refractivity contribution < 1.29 is 4.79 Å². The first-order chi connectivity index (χ1) is 12.7. The highest BCUT2D eigenvalue weighted by atomic mass is 16.1. The molecule has 1 aliphatic carbocycles. The monoisotopic (exact) mass is 357 g/mol. The molecule has 2 aliphatic rings. The third kappa shape index (κ3) is 5.21. The van der Waals surface area contributed by atoms with Crippen LogP contribution >= 0.6 is 0 Å². The summed E-state index contributed by atoms with van der Waals surface area (Å²) in [6.07, 6.45) is 3.24. The van der Waals surface area contributed by atoms with Crippen LogP contribution in [-0.4, -0.2) is 62.1 Å². The summed E-state index contributed by atoms with van der Waals surface area (Å²) >= 11 is 0. The molecule has 0 spiro atoms. The number of carbonyl (C=O) groups excluding carboxylic acids is 1. The number of amides is 1. The summed E-state index contributed by atoms with van der Waals surface area (Å²) in [7, 11) is 1.69. The molecule has 1 aromatic carbocycles. The summed E-state index contributed by atoms with van der Waals surface area (Å²) in [6, 6.07) is 11.6. The third-order valence-corrected chi connectivity index (χ3v) is 5.23. The average Bonchev–Trinajstić information content (AvgIpc) is 3.43. The number of piperidine rings is 1. The van der Waals surface area contributed by atoms with Crippen molar-refractivity contribution >= 4 is 11.9 Å². The number of likely N-dealkylation sites (N-methyl/N-ethyl adjacent to an activating group) is 1. The highest BCUT2D eigenvalue weighted by molar-refractivity contribution is 5.81. The summed E-state index contributed by atoms with van der Waals surface area (Å²) < 4.78 is 0. The maximum Gasteiger partial charge on any atom is 0.233 e. The number of nitrogens with zero attached hydrogens (tertiary/aromatic N) is 2. The lowest BCUT2D eigenvalue weighted by molar-refractivity contribution is -0.122. The Kier molecular flexibility index (Phi) is 6.50. The molecule has 2 fully saturated rings. The topological polar surface area (TPSA) is 68.8 Å². The molecule has 1 heterocycles. The minimum absolute atomic E-state index is 0.0898. The van der Waals surface area contributed by atoms with Gasteiger partial charge in [0.25, 0.3) is 0 Å². The molecule has 3 rings (SSSR count). The molecular weight excluding hydrogens is 326 g/mol. The summed E-state index contributed by atoms with van der Waals surface area (Å²) in [6.45, 7) is 5.23. The third-order valence-electron chi connectivity index (χ3n) is 5.23. The van der Waals surface area contributed by atoms with Gasteiger partial charge in [0.1, 0.15) is 0 Å². The molecule has 3 N–H and O–H groups in total. The molecular formula is C20H31N5O. The quantitative estimate of drug-likeness (QED) is 0.530. The lowest BCUT2D eigenvalue weighted by atomic mass is 10.1. The van der Waals surface area contributed by atoms with Crippen LogP contribution in [0.2, 0.25) is 0 Å². The van der Waals surface area contributed by atoms with Gasteiger partial charge in [-0.25, -0.2) is 0 Å². The van der Waals surface area contributed by atoms with Crippen LogP contribution in [0.5, 0.6) is 0 Å². The Morgan fingerprint density at radius 3 is 2.58 bits per heavy atom. The SMILES string of the molecule is CCN=C(NC1CCN(CC(=O)NC)CC1)NC1CC1c1ccccc1. The standard InChI is InChI=1S/C20H31N5O/c1-3-22-20(24-18-13-17(18)15-7-5-4-6-8-15)23-16-9-11-25(12-10-16)14-19(26)21-2/h4-8,16-18H,3,9-14H2,1-2H3,(H,21,26)(H2,22,23,24). The van der Waals surface area contributed by atoms with E-state index in [-0.39, 0.29) is 5.91 Å². The maximum atomic E-state index is 11.5. The van der Waals surface area contributed by atoms with Crippen molar-refractivity contribution in [3.05, 3.63) is 35.9 Å². The van der Waals surface area contributed by atoms with E-state index in [1.54, 1.807) is 7.05 Å². The fourth-order valence-corrected chi connectivity index (χ4v) is 3.60. The zero-order chi connectivity index (χ0) is 18.4. The van der Waals surface area contributed by atoms with Crippen molar-refractivity contribution in [2.24, 2.45) is 4.99 Å². The van der Waals surface area contributed by atoms with Gasteiger partial charge >= 0.3 is 0 Å². The Balaban J connectivity index is 1.45. The van der Waals surface area contributed by atoms with E-state index in [0.717, 1.165) is 38.4 Å². The van der Waals surface area contributed by atoms with Crippen LogP contribution in [0.1, 0.15) is 37.7 Å². The lowest BCUT2D eigenvalue weighted by Gasteiger charge is -2.32. The van der Waals surface area contributed by atoms with E-state index in [9.17, 15) is 4.79 Å². The number of hydrogen-bond acceptors (Lipinski definition) is 3. The van der Waals surface area contributed by atoms with Gasteiger partial charge in [-0.1, -0.05) is 30.3 Å². The van der Waals surface area contributed by atoms with E-state index in [4.69, 9.17) is 0 Å². The van der Waals surface area contributed by atoms with Crippen molar-refractivity contribution in [2.75, 3.05) is 33.2 Å². The van der Waals surface area contributed by atoms with Gasteiger partial charge in [0.05, 0.1) is 6.54 Å². The number of guanidine groups is 1. The van der Waals surface area contributed by atoms with E-state index in [1.165, 1.54) is 12.0 Å². The van der Waals surface area contributed by atoms with Crippen LogP contribution in [0.4, 0.5) is 0 Å². The Hall–Kier alpha value is -2.08. The van der Waals surface area contributed by atoms with Crippen molar-refractivity contribution in [3.8, 4) is 0 Å². The van der Waals surface area contributed by atoms with Crippen LogP contribution in [0, 0.1) is 0 Å². The molecule has 142 valence electrons. The smallest absolute Gasteiger partial charge is 0.233 e. The zero-order valence-corrected chi connectivity index (χ0v) is 15.9. The molecule has 1 saturated carbocycles. The second-order valence-electron chi connectivity index (χ2n) is 7.19. The molecule has 1 saturated heterocycles. The minimum atomic E-state index is 0.0898. The molecule has 2 atom stereocenters. The molecule has 6 heteroatoms. The summed E-state index contributed by atoms with van der Waals surface area (Å²) in [4.78, 5) is 18.3. The first-order valence-electron chi connectivity index (χ1n) is 9.75. The van der Waals surface area contributed by atoms with Crippen molar-refractivity contribution in [2.45, 2.75) is 44.2 Å². The van der Waals surface area contributed by atoms with Crippen molar-refractivity contribution in [3.63, 3.8) is 0 Å². The first kappa shape index (κ1) is 18.7. The Bertz CT molecular complexity index is 610. The first-order valence-corrected chi connectivity index (χ1v) is 9.75. The van der Waals surface area contributed by atoms with Crippen LogP contribution in [0.3, 0.4) is 0 Å². The Labute approximate surface area is 156 Å². The Morgan fingerprint density at radius 1 is 1.19 bits per heavy atom. The molecule has 0 radical (unpaired) electrons. The van der Waals surface area contributed by atoms with Gasteiger partial charge in [0.15, 0.2) is 5.96 Å². The van der Waals surface area contributed by atoms with Gasteiger partial charge in [-0.05, 0) is 31.7 Å². The second kappa shape index (κ2) is 9.03. The van der Waals surface area contributed by atoms with E-state index in [0.29, 0.717) is 24.5 Å². The molecule has 2 unspecified atom stereocenters. The minimum Gasteiger partial charge on any atom is -0.358 e. The predicted octanol–water partition coefficient (Wildman–Crippen LogP) is 1.31. The summed E-state index contributed by atoms with van der Waals surface area (Å²) in [5.41, 5.74) is 1.41. The average molecular weight is 358 g/mol. The number of benzene rings is 1. The number of aliphatic imine (C=N–C) groups is 1. The summed E-state index contributed by atoms with van der Waals surface area (Å²) in [5, 5.41) is 9.89. The zero-order valence-electron chi connectivity index (χ0n) is 15.9. The van der Waals surface area contributed by atoms with Gasteiger partial charge < -0.3 is 16.0 Å². The van der Waals surface area contributed by atoms with E-state index in [2.05, 4.69) is 63.1 Å². The maximum absolute atomic E-state index is 11.5. The highest BCUT2D eigenvalue weighted by Gasteiger charge is 2.39. The second-order valence-corrected chi connectivity index (χ2v) is 7.19. The van der Waals surface area contributed by atoms with Crippen molar-refractivity contribution in [1.82, 2.24) is 20.9 Å². The van der Waals surface area contributed by atoms with Crippen LogP contribution in [-0.2, 0) is 4.79 Å². The Morgan fingerprint density at radius 2 is 1.92 bits per heavy atom. The number of hydrogen-bond donors (Lipinski definition) is 3. The lowest BCUT2D eigenvalue weighted by Crippen LogP contribution is -2.50. The number of rotatable bonds is 6. The molecule has 1 amide bonds. The van der Waals surface area contributed by atoms with Gasteiger partial charge in [-0.15, -0.1) is 0 Å². The molecule has 1 aliphatic heterocycles. The van der Waals surface area contributed by atoms with Crippen LogP contribution in [0.25, 0.3) is 0 Å². The van der Waals surface area contributed by atoms with E-state index < -0.39 is 0 Å². The molecule has 6 nitrogen and oxygen atoms in total. The van der Waals surface area contributed by atoms with Crippen LogP contribution < -0.4 is 16.0 Å². The van der Waals surface area contributed by atoms with Gasteiger partial charge in [-0.2, -0.15) is 0 Å². The van der Waals surface area contributed by atoms with E-state index >= 15 is 0 Å². The fraction of sp³-hybridized carbons (Fsp3) is 0.600. The number of carbonyl (C=O) groups is 1. The molecule has 26 heavy (non-hydrogen) atoms. The van der Waals surface area contributed by atoms with Gasteiger partial charge in [0, 0.05) is 44.7 Å². The highest BCUT2D eigenvalue weighted by Crippen LogP contribution is 2.40. The molecule has 0 aromatic heterocycles. The fourth-order valence-electron chi connectivity index (χ4n) is 3.60. The molecule has 0 bridgehead atoms. The van der Waals surface area contributed by atoms with Crippen molar-refractivity contribution in [1.29, 1.82) is 0 Å². The van der Waals surface area contributed by atoms with Crippen LogP contribution in [0.15, 0.2) is 35.3 Å². The predicted molar refractivity (Wildman–Crippen MR) is 105 cm³/mol. The van der Waals surface area contributed by atoms with Gasteiger partial charge in [0.2, 0.25) is 5.91 Å². The number of nitrogens with one attached hydrogen (secondary N) is 3. The normalized spacial score (nSPS) is 24.2. The van der Waals surface area contributed by atoms with Gasteiger partial charge in [-0.3, -0.25) is 14.7 Å².